The summed E-state index contributed by atoms with van der Waals surface area (Å²) < 4.78 is 0. The Balaban J connectivity index is 0.000000505. The van der Waals surface area contributed by atoms with Crippen molar-refractivity contribution >= 4 is 5.78 Å². The smallest absolute Gasteiger partial charge is 0.137 e. The highest BCUT2D eigenvalue weighted by molar-refractivity contribution is 5.80. The van der Waals surface area contributed by atoms with Crippen LogP contribution in [0.15, 0.2) is 60.8 Å². The van der Waals surface area contributed by atoms with E-state index in [1.54, 1.807) is 12.1 Å². The number of hydrogen-bond acceptors (Lipinski definition) is 3. The number of nitrogens with one attached hydrogen (secondary N) is 1. The van der Waals surface area contributed by atoms with E-state index in [1.807, 2.05) is 19.1 Å². The number of allylic oxidation sites excluding steroid dienone is 1. The number of Topliss-reactive ketones (excluding diaryl/α,β-unsaturated/α-hetero) is 1. The standard InChI is InChI=1S/C14H20O.C10H13NO.C5H12/c1-3-5-6-14(15)11-13-9-7-12(4-2)8-10-13;1-8(2)11-7-9-5-3-4-6-10(9)12;1-3-5-4-2/h7-10H,3-6,11H2,1-2H3;3-6,11-12H,1,7H2,2H3;3-5H2,1-2H3. The Kier molecular flexibility index (Phi) is 17.6. The fraction of sp³-hybridized carbons (Fsp3) is 0.483. The van der Waals surface area contributed by atoms with E-state index in [0.717, 1.165) is 42.5 Å². The van der Waals surface area contributed by atoms with E-state index < -0.39 is 0 Å². The molecular weight excluding hydrogens is 394 g/mol. The molecule has 2 N–H and O–H groups in total. The summed E-state index contributed by atoms with van der Waals surface area (Å²) >= 11 is 0. The van der Waals surface area contributed by atoms with E-state index in [1.165, 1.54) is 24.8 Å². The number of para-hydroxylation sites is 1. The zero-order valence-corrected chi connectivity index (χ0v) is 21.0. The van der Waals surface area contributed by atoms with E-state index in [0.29, 0.717) is 24.5 Å². The van der Waals surface area contributed by atoms with E-state index in [-0.39, 0.29) is 0 Å². The molecule has 0 aromatic heterocycles. The van der Waals surface area contributed by atoms with Crippen molar-refractivity contribution in [2.45, 2.75) is 92.5 Å². The lowest BCUT2D eigenvalue weighted by Crippen LogP contribution is -2.09. The number of benzene rings is 2. The van der Waals surface area contributed by atoms with Gasteiger partial charge in [0.05, 0.1) is 0 Å². The number of carbonyl (C=O) groups excluding carboxylic acids is 1. The van der Waals surface area contributed by atoms with Gasteiger partial charge in [-0.05, 0) is 37.0 Å². The molecular formula is C29H45NO2. The summed E-state index contributed by atoms with van der Waals surface area (Å²) in [6.45, 7) is 14.9. The molecule has 0 aliphatic heterocycles. The van der Waals surface area contributed by atoms with Crippen molar-refractivity contribution in [3.8, 4) is 5.75 Å². The lowest BCUT2D eigenvalue weighted by Gasteiger charge is -2.06. The van der Waals surface area contributed by atoms with Crippen LogP contribution in [0.1, 0.15) is 89.8 Å². The largest absolute Gasteiger partial charge is 0.508 e. The molecule has 0 spiro atoms. The van der Waals surface area contributed by atoms with Crippen molar-refractivity contribution in [2.75, 3.05) is 0 Å². The van der Waals surface area contributed by atoms with Gasteiger partial charge in [-0.1, -0.05) is 102 Å². The first-order valence-electron chi connectivity index (χ1n) is 12.1. The van der Waals surface area contributed by atoms with Crippen molar-refractivity contribution in [1.82, 2.24) is 5.32 Å². The monoisotopic (exact) mass is 439 g/mol. The van der Waals surface area contributed by atoms with E-state index >= 15 is 0 Å². The summed E-state index contributed by atoms with van der Waals surface area (Å²) in [6.07, 6.45) is 8.58. The highest BCUT2D eigenvalue weighted by Crippen LogP contribution is 2.15. The van der Waals surface area contributed by atoms with Crippen LogP contribution in [0.4, 0.5) is 0 Å². The van der Waals surface area contributed by atoms with Gasteiger partial charge in [-0.25, -0.2) is 0 Å². The third-order valence-corrected chi connectivity index (χ3v) is 4.92. The molecule has 32 heavy (non-hydrogen) atoms. The summed E-state index contributed by atoms with van der Waals surface area (Å²) in [7, 11) is 0. The molecule has 0 heterocycles. The van der Waals surface area contributed by atoms with Gasteiger partial charge in [0.15, 0.2) is 0 Å². The molecule has 0 fully saturated rings. The third-order valence-electron chi connectivity index (χ3n) is 4.92. The average Bonchev–Trinajstić information content (AvgIpc) is 2.79. The molecule has 0 aliphatic rings. The minimum absolute atomic E-state index is 0.325. The number of aromatic hydroxyl groups is 1. The summed E-state index contributed by atoms with van der Waals surface area (Å²) in [5.41, 5.74) is 4.27. The summed E-state index contributed by atoms with van der Waals surface area (Å²) in [6, 6.07) is 15.6. The normalized spacial score (nSPS) is 9.66. The highest BCUT2D eigenvalue weighted by atomic mass is 16.3. The van der Waals surface area contributed by atoms with Gasteiger partial charge in [0, 0.05) is 30.6 Å². The van der Waals surface area contributed by atoms with Crippen molar-refractivity contribution in [3.63, 3.8) is 0 Å². The molecule has 0 amide bonds. The van der Waals surface area contributed by atoms with Crippen molar-refractivity contribution in [2.24, 2.45) is 0 Å². The summed E-state index contributed by atoms with van der Waals surface area (Å²) in [5.74, 6) is 0.687. The quantitative estimate of drug-likeness (QED) is 0.376. The first-order chi connectivity index (χ1) is 15.4. The number of phenolic OH excluding ortho intramolecular Hbond substituents is 1. The highest BCUT2D eigenvalue weighted by Gasteiger charge is 2.02. The van der Waals surface area contributed by atoms with Crippen molar-refractivity contribution in [1.29, 1.82) is 0 Å². The minimum Gasteiger partial charge on any atom is -0.508 e. The molecule has 2 aromatic carbocycles. The Hall–Kier alpha value is -2.55. The number of aryl methyl sites for hydroxylation is 1. The van der Waals surface area contributed by atoms with Crippen LogP contribution in [0.3, 0.4) is 0 Å². The maximum absolute atomic E-state index is 11.5. The Bertz CT molecular complexity index is 748. The number of phenols is 1. The topological polar surface area (TPSA) is 49.3 Å². The van der Waals surface area contributed by atoms with Crippen LogP contribution in [0, 0.1) is 0 Å². The molecule has 2 aromatic rings. The van der Waals surface area contributed by atoms with Gasteiger partial charge in [0.25, 0.3) is 0 Å². The Morgan fingerprint density at radius 1 is 0.875 bits per heavy atom. The zero-order valence-electron chi connectivity index (χ0n) is 21.0. The molecule has 0 saturated heterocycles. The Morgan fingerprint density at radius 3 is 1.91 bits per heavy atom. The second-order valence-corrected chi connectivity index (χ2v) is 8.11. The van der Waals surface area contributed by atoms with Gasteiger partial charge in [0.1, 0.15) is 11.5 Å². The second kappa shape index (κ2) is 19.2. The van der Waals surface area contributed by atoms with Crippen molar-refractivity contribution < 1.29 is 9.90 Å². The van der Waals surface area contributed by atoms with Crippen LogP contribution in [0.25, 0.3) is 0 Å². The van der Waals surface area contributed by atoms with Gasteiger partial charge in [-0.3, -0.25) is 4.79 Å². The number of ketones is 1. The van der Waals surface area contributed by atoms with Crippen molar-refractivity contribution in [3.05, 3.63) is 77.5 Å². The van der Waals surface area contributed by atoms with Gasteiger partial charge >= 0.3 is 0 Å². The van der Waals surface area contributed by atoms with Gasteiger partial charge in [-0.2, -0.15) is 0 Å². The molecule has 178 valence electrons. The number of rotatable bonds is 11. The van der Waals surface area contributed by atoms with Crippen LogP contribution < -0.4 is 5.32 Å². The fourth-order valence-corrected chi connectivity index (χ4v) is 2.84. The van der Waals surface area contributed by atoms with Crippen LogP contribution in [-0.4, -0.2) is 10.9 Å². The number of unbranched alkanes of at least 4 members (excludes halogenated alkanes) is 3. The van der Waals surface area contributed by atoms with Crippen LogP contribution in [0.5, 0.6) is 5.75 Å². The Labute approximate surface area is 197 Å². The van der Waals surface area contributed by atoms with Crippen LogP contribution >= 0.6 is 0 Å². The Morgan fingerprint density at radius 2 is 1.44 bits per heavy atom. The predicted octanol–water partition coefficient (Wildman–Crippen LogP) is 7.76. The molecule has 0 atom stereocenters. The number of hydrogen-bond donors (Lipinski definition) is 2. The molecule has 0 saturated carbocycles. The van der Waals surface area contributed by atoms with Crippen LogP contribution in [-0.2, 0) is 24.2 Å². The van der Waals surface area contributed by atoms with E-state index in [9.17, 15) is 9.90 Å². The SMILES string of the molecule is C=C(C)NCc1ccccc1O.CCCCC.CCCCC(=O)Cc1ccc(CC)cc1. The van der Waals surface area contributed by atoms with Crippen LogP contribution in [0.2, 0.25) is 0 Å². The van der Waals surface area contributed by atoms with Gasteiger partial charge in [-0.15, -0.1) is 0 Å². The minimum atomic E-state index is 0.325. The maximum atomic E-state index is 11.5. The molecule has 0 radical (unpaired) electrons. The first kappa shape index (κ1) is 29.5. The summed E-state index contributed by atoms with van der Waals surface area (Å²) in [5, 5.41) is 12.4. The molecule has 3 nitrogen and oxygen atoms in total. The molecule has 0 aliphatic carbocycles. The van der Waals surface area contributed by atoms with E-state index in [2.05, 4.69) is 63.9 Å². The lowest BCUT2D eigenvalue weighted by molar-refractivity contribution is -0.118. The summed E-state index contributed by atoms with van der Waals surface area (Å²) in [4.78, 5) is 11.5. The predicted molar refractivity (Wildman–Crippen MR) is 139 cm³/mol. The third kappa shape index (κ3) is 15.3. The molecule has 0 unspecified atom stereocenters. The van der Waals surface area contributed by atoms with Gasteiger partial charge < -0.3 is 10.4 Å². The maximum Gasteiger partial charge on any atom is 0.137 e. The number of carbonyl (C=O) groups is 1. The van der Waals surface area contributed by atoms with E-state index in [4.69, 9.17) is 0 Å². The molecule has 3 heteroatoms. The molecule has 0 bridgehead atoms. The van der Waals surface area contributed by atoms with Gasteiger partial charge in [0.2, 0.25) is 0 Å². The molecule has 2 rings (SSSR count). The first-order valence-corrected chi connectivity index (χ1v) is 12.1. The lowest BCUT2D eigenvalue weighted by atomic mass is 10.0. The second-order valence-electron chi connectivity index (χ2n) is 8.11. The average molecular weight is 440 g/mol. The zero-order chi connectivity index (χ0) is 24.2. The fourth-order valence-electron chi connectivity index (χ4n) is 2.84.